The van der Waals surface area contributed by atoms with Crippen molar-refractivity contribution in [3.8, 4) is 0 Å². The summed E-state index contributed by atoms with van der Waals surface area (Å²) in [5.74, 6) is 1.80. The van der Waals surface area contributed by atoms with Crippen molar-refractivity contribution < 1.29 is 14.2 Å². The van der Waals surface area contributed by atoms with E-state index < -0.39 is 0 Å². The Balaban J connectivity index is 1.82. The first-order chi connectivity index (χ1) is 7.16. The fraction of sp³-hybridized carbons (Fsp3) is 1.00. The van der Waals surface area contributed by atoms with Crippen molar-refractivity contribution in [2.75, 3.05) is 19.8 Å². The minimum atomic E-state index is -0.130. The molecule has 15 heavy (non-hydrogen) atoms. The normalized spacial score (nSPS) is 59.0. The summed E-state index contributed by atoms with van der Waals surface area (Å²) < 4.78 is 17.4. The van der Waals surface area contributed by atoms with E-state index in [0.29, 0.717) is 17.8 Å². The van der Waals surface area contributed by atoms with E-state index in [-0.39, 0.29) is 17.8 Å². The van der Waals surface area contributed by atoms with E-state index in [1.807, 2.05) is 0 Å². The van der Waals surface area contributed by atoms with Gasteiger partial charge in [0.05, 0.1) is 32.0 Å². The zero-order chi connectivity index (χ0) is 10.6. The van der Waals surface area contributed by atoms with E-state index in [1.54, 1.807) is 0 Å². The van der Waals surface area contributed by atoms with Crippen LogP contribution in [0.15, 0.2) is 0 Å². The highest BCUT2D eigenvalue weighted by molar-refractivity contribution is 5.12. The lowest BCUT2D eigenvalue weighted by Crippen LogP contribution is -2.75. The van der Waals surface area contributed by atoms with Gasteiger partial charge in [-0.25, -0.2) is 0 Å². The molecule has 0 aliphatic carbocycles. The van der Waals surface area contributed by atoms with Crippen LogP contribution in [0.25, 0.3) is 0 Å². The Kier molecular flexibility index (Phi) is 2.14. The molecule has 3 saturated heterocycles. The third kappa shape index (κ3) is 1.12. The maximum atomic E-state index is 5.93. The van der Waals surface area contributed by atoms with Gasteiger partial charge in [0.2, 0.25) is 0 Å². The molecule has 0 amide bonds. The smallest absolute Gasteiger partial charge is 0.126 e. The summed E-state index contributed by atoms with van der Waals surface area (Å²) in [6, 6.07) is 0. The van der Waals surface area contributed by atoms with Crippen LogP contribution in [0.2, 0.25) is 0 Å². The van der Waals surface area contributed by atoms with Crippen molar-refractivity contribution in [2.45, 2.75) is 38.6 Å². The highest BCUT2D eigenvalue weighted by Gasteiger charge is 2.64. The summed E-state index contributed by atoms with van der Waals surface area (Å²) in [6.07, 6.45) is 0.517. The van der Waals surface area contributed by atoms with Gasteiger partial charge in [0.25, 0.3) is 0 Å². The SMILES string of the molecule is CC1COC1C1(C2OCC2C)OCC1C. The summed E-state index contributed by atoms with van der Waals surface area (Å²) in [7, 11) is 0. The van der Waals surface area contributed by atoms with Crippen molar-refractivity contribution in [3.63, 3.8) is 0 Å². The van der Waals surface area contributed by atoms with Gasteiger partial charge in [-0.2, -0.15) is 0 Å². The van der Waals surface area contributed by atoms with Crippen LogP contribution in [-0.4, -0.2) is 37.6 Å². The summed E-state index contributed by atoms with van der Waals surface area (Å²) in [5.41, 5.74) is -0.130. The molecule has 3 fully saturated rings. The fourth-order valence-electron chi connectivity index (χ4n) is 3.25. The first-order valence-corrected chi connectivity index (χ1v) is 6.03. The van der Waals surface area contributed by atoms with E-state index in [0.717, 1.165) is 19.8 Å². The largest absolute Gasteiger partial charge is 0.374 e. The van der Waals surface area contributed by atoms with Crippen molar-refractivity contribution in [2.24, 2.45) is 17.8 Å². The molecule has 3 aliphatic heterocycles. The van der Waals surface area contributed by atoms with E-state index in [1.165, 1.54) is 0 Å². The second kappa shape index (κ2) is 3.19. The van der Waals surface area contributed by atoms with Crippen molar-refractivity contribution in [1.29, 1.82) is 0 Å². The Bertz CT molecular complexity index is 248. The fourth-order valence-corrected chi connectivity index (χ4v) is 3.25. The minimum absolute atomic E-state index is 0.130. The Morgan fingerprint density at radius 1 is 0.867 bits per heavy atom. The van der Waals surface area contributed by atoms with Gasteiger partial charge in [-0.15, -0.1) is 0 Å². The lowest BCUT2D eigenvalue weighted by atomic mass is 9.65. The van der Waals surface area contributed by atoms with Crippen LogP contribution in [0.5, 0.6) is 0 Å². The lowest BCUT2D eigenvalue weighted by Gasteiger charge is -2.63. The minimum Gasteiger partial charge on any atom is -0.374 e. The van der Waals surface area contributed by atoms with Gasteiger partial charge in [0, 0.05) is 17.8 Å². The lowest BCUT2D eigenvalue weighted by molar-refractivity contribution is -0.368. The average Bonchev–Trinajstić information content (AvgIpc) is 2.21. The molecule has 5 unspecified atom stereocenters. The van der Waals surface area contributed by atoms with Gasteiger partial charge in [-0.3, -0.25) is 0 Å². The zero-order valence-corrected chi connectivity index (χ0v) is 9.73. The molecular weight excluding hydrogens is 192 g/mol. The Labute approximate surface area is 91.1 Å². The molecule has 0 saturated carbocycles. The molecule has 0 spiro atoms. The quantitative estimate of drug-likeness (QED) is 0.693. The number of hydrogen-bond acceptors (Lipinski definition) is 3. The predicted molar refractivity (Wildman–Crippen MR) is 55.7 cm³/mol. The zero-order valence-electron chi connectivity index (χ0n) is 9.73. The summed E-state index contributed by atoms with van der Waals surface area (Å²) in [4.78, 5) is 0. The molecule has 86 valence electrons. The molecule has 0 N–H and O–H groups in total. The molecule has 3 aliphatic rings. The van der Waals surface area contributed by atoms with Gasteiger partial charge >= 0.3 is 0 Å². The number of ether oxygens (including phenoxy) is 3. The molecule has 3 heteroatoms. The Hall–Kier alpha value is -0.120. The summed E-state index contributed by atoms with van der Waals surface area (Å²) in [6.45, 7) is 9.36. The third-order valence-electron chi connectivity index (χ3n) is 4.35. The highest BCUT2D eigenvalue weighted by atomic mass is 16.6. The second-order valence-corrected chi connectivity index (χ2v) is 5.53. The van der Waals surface area contributed by atoms with Crippen LogP contribution < -0.4 is 0 Å². The van der Waals surface area contributed by atoms with Gasteiger partial charge < -0.3 is 14.2 Å². The van der Waals surface area contributed by atoms with E-state index in [4.69, 9.17) is 14.2 Å². The van der Waals surface area contributed by atoms with Crippen molar-refractivity contribution >= 4 is 0 Å². The maximum Gasteiger partial charge on any atom is 0.126 e. The molecule has 0 bridgehead atoms. The molecule has 0 radical (unpaired) electrons. The standard InChI is InChI=1S/C12H20O3/c1-7-4-13-10(7)12(9(3)6-15-12)11-8(2)5-14-11/h7-11H,4-6H2,1-3H3. The van der Waals surface area contributed by atoms with Crippen molar-refractivity contribution in [1.82, 2.24) is 0 Å². The average molecular weight is 212 g/mol. The molecule has 0 aromatic heterocycles. The van der Waals surface area contributed by atoms with Gasteiger partial charge in [0.15, 0.2) is 0 Å². The molecule has 3 nitrogen and oxygen atoms in total. The topological polar surface area (TPSA) is 27.7 Å². The molecule has 5 atom stereocenters. The van der Waals surface area contributed by atoms with Gasteiger partial charge in [0.1, 0.15) is 5.60 Å². The predicted octanol–water partition coefficient (Wildman–Crippen LogP) is 1.46. The molecule has 3 heterocycles. The van der Waals surface area contributed by atoms with E-state index >= 15 is 0 Å². The summed E-state index contributed by atoms with van der Waals surface area (Å²) >= 11 is 0. The number of rotatable bonds is 2. The molecule has 0 aromatic rings. The highest BCUT2D eigenvalue weighted by Crippen LogP contribution is 2.51. The second-order valence-electron chi connectivity index (χ2n) is 5.53. The number of hydrogen-bond donors (Lipinski definition) is 0. The molecule has 0 aromatic carbocycles. The summed E-state index contributed by atoms with van der Waals surface area (Å²) in [5, 5.41) is 0. The van der Waals surface area contributed by atoms with Crippen LogP contribution in [0.3, 0.4) is 0 Å². The maximum absolute atomic E-state index is 5.93. The van der Waals surface area contributed by atoms with Gasteiger partial charge in [-0.1, -0.05) is 20.8 Å². The molecule has 3 rings (SSSR count). The monoisotopic (exact) mass is 212 g/mol. The van der Waals surface area contributed by atoms with Crippen LogP contribution in [0, 0.1) is 17.8 Å². The third-order valence-corrected chi connectivity index (χ3v) is 4.35. The van der Waals surface area contributed by atoms with E-state index in [9.17, 15) is 0 Å². The van der Waals surface area contributed by atoms with Crippen LogP contribution in [0.1, 0.15) is 20.8 Å². The first kappa shape index (κ1) is 10.1. The van der Waals surface area contributed by atoms with E-state index in [2.05, 4.69) is 20.8 Å². The van der Waals surface area contributed by atoms with Crippen LogP contribution in [-0.2, 0) is 14.2 Å². The first-order valence-electron chi connectivity index (χ1n) is 6.03. The van der Waals surface area contributed by atoms with Crippen LogP contribution in [0.4, 0.5) is 0 Å². The van der Waals surface area contributed by atoms with Crippen molar-refractivity contribution in [3.05, 3.63) is 0 Å². The molecular formula is C12H20O3. The Morgan fingerprint density at radius 3 is 1.53 bits per heavy atom. The van der Waals surface area contributed by atoms with Crippen LogP contribution >= 0.6 is 0 Å². The van der Waals surface area contributed by atoms with Gasteiger partial charge in [-0.05, 0) is 0 Å². The Morgan fingerprint density at radius 2 is 1.40 bits per heavy atom.